The van der Waals surface area contributed by atoms with E-state index in [1.807, 2.05) is 0 Å². The number of benzene rings is 1. The van der Waals surface area contributed by atoms with E-state index < -0.39 is 11.9 Å². The first-order valence-corrected chi connectivity index (χ1v) is 5.37. The molecule has 2 rings (SSSR count). The van der Waals surface area contributed by atoms with Gasteiger partial charge in [-0.3, -0.25) is 4.79 Å². The Morgan fingerprint density at radius 3 is 2.75 bits per heavy atom. The summed E-state index contributed by atoms with van der Waals surface area (Å²) in [6, 6.07) is 4.57. The van der Waals surface area contributed by atoms with E-state index in [1.165, 1.54) is 30.4 Å². The molecule has 0 unspecified atom stereocenters. The Labute approximate surface area is 95.1 Å². The first-order valence-electron chi connectivity index (χ1n) is 4.49. The number of aromatic carboxylic acids is 1. The largest absolute Gasteiger partial charge is 0.545 e. The summed E-state index contributed by atoms with van der Waals surface area (Å²) in [5, 5.41) is 13.3. The van der Waals surface area contributed by atoms with Gasteiger partial charge in [-0.25, -0.2) is 0 Å². The fourth-order valence-electron chi connectivity index (χ4n) is 1.40. The first kappa shape index (κ1) is 10.6. The lowest BCUT2D eigenvalue weighted by atomic mass is 10.1. The van der Waals surface area contributed by atoms with Gasteiger partial charge in [-0.15, -0.1) is 11.3 Å². The van der Waals surface area contributed by atoms with Gasteiger partial charge >= 0.3 is 5.97 Å². The van der Waals surface area contributed by atoms with Crippen LogP contribution in [-0.2, 0) is 4.79 Å². The molecule has 0 aliphatic heterocycles. The van der Waals surface area contributed by atoms with Crippen molar-refractivity contribution in [1.82, 2.24) is 0 Å². The molecule has 4 nitrogen and oxygen atoms in total. The van der Waals surface area contributed by atoms with Crippen LogP contribution in [0.1, 0.15) is 17.3 Å². The molecule has 1 aromatic carbocycles. The molecule has 0 N–H and O–H groups in total. The number of carboxylic acid groups (broad SMARTS) is 1. The van der Waals surface area contributed by atoms with Crippen LogP contribution in [0.4, 0.5) is 0 Å². The molecule has 82 valence electrons. The lowest BCUT2D eigenvalue weighted by Gasteiger charge is -2.07. The molecule has 0 spiro atoms. The Balaban J connectivity index is 2.63. The minimum absolute atomic E-state index is 0.00574. The predicted molar refractivity (Wildman–Crippen MR) is 57.5 cm³/mol. The molecular weight excluding hydrogens is 228 g/mol. The number of hydrogen-bond acceptors (Lipinski definition) is 5. The van der Waals surface area contributed by atoms with Crippen molar-refractivity contribution in [2.75, 3.05) is 0 Å². The standard InChI is InChI=1S/C11H8O4S/c1-6(12)15-9-4-7(11(13)14)5-10-8(9)2-3-16-10/h2-5H,1H3,(H,13,14)/p-1. The van der Waals surface area contributed by atoms with Crippen LogP contribution in [0.15, 0.2) is 23.6 Å². The van der Waals surface area contributed by atoms with Crippen LogP contribution in [0.5, 0.6) is 5.75 Å². The van der Waals surface area contributed by atoms with Crippen molar-refractivity contribution in [2.24, 2.45) is 0 Å². The van der Waals surface area contributed by atoms with Crippen molar-refractivity contribution < 1.29 is 19.4 Å². The molecule has 2 aromatic rings. The Hall–Kier alpha value is -1.88. The molecule has 0 amide bonds. The number of thiophene rings is 1. The van der Waals surface area contributed by atoms with E-state index in [2.05, 4.69) is 0 Å². The summed E-state index contributed by atoms with van der Waals surface area (Å²) in [6.07, 6.45) is 0. The second-order valence-electron chi connectivity index (χ2n) is 3.19. The van der Waals surface area contributed by atoms with E-state index >= 15 is 0 Å². The molecule has 0 aliphatic carbocycles. The quantitative estimate of drug-likeness (QED) is 0.579. The second-order valence-corrected chi connectivity index (χ2v) is 4.14. The van der Waals surface area contributed by atoms with E-state index in [0.717, 1.165) is 10.1 Å². The molecule has 0 saturated carbocycles. The normalized spacial score (nSPS) is 10.3. The summed E-state index contributed by atoms with van der Waals surface area (Å²) < 4.78 is 5.70. The zero-order chi connectivity index (χ0) is 11.7. The molecule has 16 heavy (non-hydrogen) atoms. The third-order valence-corrected chi connectivity index (χ3v) is 2.89. The third-order valence-electron chi connectivity index (χ3n) is 2.02. The summed E-state index contributed by atoms with van der Waals surface area (Å²) in [5.74, 6) is -1.52. The van der Waals surface area contributed by atoms with Gasteiger partial charge in [0.05, 0.1) is 5.97 Å². The third kappa shape index (κ3) is 1.90. The van der Waals surface area contributed by atoms with Crippen LogP contribution in [0.3, 0.4) is 0 Å². The van der Waals surface area contributed by atoms with E-state index in [1.54, 1.807) is 11.4 Å². The van der Waals surface area contributed by atoms with Crippen LogP contribution < -0.4 is 9.84 Å². The first-order chi connectivity index (χ1) is 7.58. The fraction of sp³-hybridized carbons (Fsp3) is 0.0909. The van der Waals surface area contributed by atoms with Gasteiger partial charge in [-0.05, 0) is 23.6 Å². The summed E-state index contributed by atoms with van der Waals surface area (Å²) in [7, 11) is 0. The van der Waals surface area contributed by atoms with Crippen molar-refractivity contribution in [3.63, 3.8) is 0 Å². The van der Waals surface area contributed by atoms with Gasteiger partial charge in [0.25, 0.3) is 0 Å². The summed E-state index contributed by atoms with van der Waals surface area (Å²) >= 11 is 1.38. The van der Waals surface area contributed by atoms with Gasteiger partial charge < -0.3 is 14.6 Å². The van der Waals surface area contributed by atoms with E-state index in [0.29, 0.717) is 0 Å². The van der Waals surface area contributed by atoms with Gasteiger partial charge in [-0.1, -0.05) is 0 Å². The highest BCUT2D eigenvalue weighted by Crippen LogP contribution is 2.31. The molecule has 5 heteroatoms. The Morgan fingerprint density at radius 2 is 2.12 bits per heavy atom. The highest BCUT2D eigenvalue weighted by Gasteiger charge is 2.08. The van der Waals surface area contributed by atoms with E-state index in [-0.39, 0.29) is 11.3 Å². The number of carbonyl (C=O) groups excluding carboxylic acids is 2. The smallest absolute Gasteiger partial charge is 0.308 e. The highest BCUT2D eigenvalue weighted by atomic mass is 32.1. The molecule has 0 saturated heterocycles. The van der Waals surface area contributed by atoms with Crippen LogP contribution >= 0.6 is 11.3 Å². The highest BCUT2D eigenvalue weighted by molar-refractivity contribution is 7.17. The number of fused-ring (bicyclic) bond motifs is 1. The monoisotopic (exact) mass is 235 g/mol. The maximum absolute atomic E-state index is 10.9. The number of carboxylic acids is 1. The van der Waals surface area contributed by atoms with E-state index in [4.69, 9.17) is 4.74 Å². The number of rotatable bonds is 2. The van der Waals surface area contributed by atoms with Crippen LogP contribution in [-0.4, -0.2) is 11.9 Å². The molecule has 0 fully saturated rings. The topological polar surface area (TPSA) is 66.4 Å². The van der Waals surface area contributed by atoms with E-state index in [9.17, 15) is 14.7 Å². The van der Waals surface area contributed by atoms with Gasteiger partial charge in [0.1, 0.15) is 5.75 Å². The van der Waals surface area contributed by atoms with Crippen molar-refractivity contribution in [2.45, 2.75) is 6.92 Å². The lowest BCUT2D eigenvalue weighted by Crippen LogP contribution is -2.22. The van der Waals surface area contributed by atoms with Gasteiger partial charge in [0, 0.05) is 22.6 Å². The Kier molecular flexibility index (Phi) is 2.62. The average molecular weight is 235 g/mol. The maximum Gasteiger partial charge on any atom is 0.308 e. The molecular formula is C11H7O4S-. The zero-order valence-corrected chi connectivity index (χ0v) is 9.17. The van der Waals surface area contributed by atoms with Crippen LogP contribution in [0.2, 0.25) is 0 Å². The summed E-state index contributed by atoms with van der Waals surface area (Å²) in [5.41, 5.74) is 0.00574. The zero-order valence-electron chi connectivity index (χ0n) is 8.35. The Morgan fingerprint density at radius 1 is 1.38 bits per heavy atom. The predicted octanol–water partition coefficient (Wildman–Crippen LogP) is 1.19. The minimum Gasteiger partial charge on any atom is -0.545 e. The number of carbonyl (C=O) groups is 2. The molecule has 0 bridgehead atoms. The van der Waals surface area contributed by atoms with Crippen molar-refractivity contribution in [3.8, 4) is 5.75 Å². The fourth-order valence-corrected chi connectivity index (χ4v) is 2.24. The van der Waals surface area contributed by atoms with Gasteiger partial charge in [0.15, 0.2) is 0 Å². The van der Waals surface area contributed by atoms with Gasteiger partial charge in [0.2, 0.25) is 0 Å². The molecule has 0 atom stereocenters. The van der Waals surface area contributed by atoms with Gasteiger partial charge in [-0.2, -0.15) is 0 Å². The summed E-state index contributed by atoms with van der Waals surface area (Å²) in [4.78, 5) is 21.6. The molecule has 1 aromatic heterocycles. The van der Waals surface area contributed by atoms with Crippen molar-refractivity contribution in [1.29, 1.82) is 0 Å². The van der Waals surface area contributed by atoms with Crippen molar-refractivity contribution >= 4 is 33.4 Å². The summed E-state index contributed by atoms with van der Waals surface area (Å²) in [6.45, 7) is 1.27. The van der Waals surface area contributed by atoms with Crippen LogP contribution in [0.25, 0.3) is 10.1 Å². The second kappa shape index (κ2) is 3.94. The number of esters is 1. The average Bonchev–Trinajstić information content (AvgIpc) is 2.64. The van der Waals surface area contributed by atoms with Crippen LogP contribution in [0, 0.1) is 0 Å². The number of ether oxygens (including phenoxy) is 1. The number of hydrogen-bond donors (Lipinski definition) is 0. The molecule has 0 radical (unpaired) electrons. The molecule has 0 aliphatic rings. The maximum atomic E-state index is 10.9. The Bertz CT molecular complexity index is 570. The minimum atomic E-state index is -1.29. The SMILES string of the molecule is CC(=O)Oc1cc(C(=O)[O-])cc2sccc12. The van der Waals surface area contributed by atoms with Crippen molar-refractivity contribution in [3.05, 3.63) is 29.1 Å². The molecule has 1 heterocycles. The lowest BCUT2D eigenvalue weighted by molar-refractivity contribution is -0.255.